The molecule has 0 unspecified atom stereocenters. The molecule has 0 radical (unpaired) electrons. The smallest absolute Gasteiger partial charge is 0.104 e. The van der Waals surface area contributed by atoms with Crippen molar-refractivity contribution in [1.82, 2.24) is 4.98 Å². The third-order valence-corrected chi connectivity index (χ3v) is 2.03. The van der Waals surface area contributed by atoms with Crippen molar-refractivity contribution in [3.63, 3.8) is 0 Å². The molecule has 13 heavy (non-hydrogen) atoms. The second-order valence-electron chi connectivity index (χ2n) is 3.66. The van der Waals surface area contributed by atoms with E-state index in [-0.39, 0.29) is 5.60 Å². The van der Waals surface area contributed by atoms with Gasteiger partial charge in [0.25, 0.3) is 0 Å². The molecule has 0 aliphatic rings. The first-order valence-corrected chi connectivity index (χ1v) is 4.63. The predicted octanol–water partition coefficient (Wildman–Crippen LogP) is 2.66. The highest BCUT2D eigenvalue weighted by atomic mass is 16.5. The summed E-state index contributed by atoms with van der Waals surface area (Å²) in [6.07, 6.45) is 1.87. The SMILES string of the molecule is CCOC(C)(C)c1ccc(C)cn1. The van der Waals surface area contributed by atoms with Crippen molar-refractivity contribution < 1.29 is 4.74 Å². The molecule has 2 heteroatoms. The standard InChI is InChI=1S/C11H17NO/c1-5-13-11(3,4)10-7-6-9(2)8-12-10/h6-8H,5H2,1-4H3. The lowest BCUT2D eigenvalue weighted by atomic mass is 10.0. The Morgan fingerprint density at radius 1 is 1.38 bits per heavy atom. The molecule has 2 nitrogen and oxygen atoms in total. The van der Waals surface area contributed by atoms with Crippen LogP contribution < -0.4 is 0 Å². The average molecular weight is 179 g/mol. The molecule has 1 rings (SSSR count). The van der Waals surface area contributed by atoms with Crippen molar-refractivity contribution in [2.24, 2.45) is 0 Å². The topological polar surface area (TPSA) is 22.1 Å². The summed E-state index contributed by atoms with van der Waals surface area (Å²) in [5.74, 6) is 0. The minimum atomic E-state index is -0.275. The van der Waals surface area contributed by atoms with Gasteiger partial charge >= 0.3 is 0 Å². The maximum absolute atomic E-state index is 5.59. The van der Waals surface area contributed by atoms with Gasteiger partial charge in [-0.15, -0.1) is 0 Å². The van der Waals surface area contributed by atoms with Crippen LogP contribution in [0.1, 0.15) is 32.0 Å². The molecule has 0 fully saturated rings. The van der Waals surface area contributed by atoms with E-state index in [1.807, 2.05) is 40.0 Å². The van der Waals surface area contributed by atoms with Gasteiger partial charge in [0, 0.05) is 12.8 Å². The zero-order valence-corrected chi connectivity index (χ0v) is 8.79. The lowest BCUT2D eigenvalue weighted by Crippen LogP contribution is -2.22. The largest absolute Gasteiger partial charge is 0.370 e. The van der Waals surface area contributed by atoms with E-state index >= 15 is 0 Å². The number of aromatic nitrogens is 1. The minimum Gasteiger partial charge on any atom is -0.370 e. The zero-order valence-electron chi connectivity index (χ0n) is 8.79. The molecule has 0 saturated carbocycles. The maximum atomic E-state index is 5.59. The highest BCUT2D eigenvalue weighted by molar-refractivity contribution is 5.16. The van der Waals surface area contributed by atoms with Crippen LogP contribution in [-0.2, 0) is 10.3 Å². The van der Waals surface area contributed by atoms with Crippen LogP contribution >= 0.6 is 0 Å². The van der Waals surface area contributed by atoms with Gasteiger partial charge in [0.2, 0.25) is 0 Å². The van der Waals surface area contributed by atoms with Gasteiger partial charge in [-0.05, 0) is 39.3 Å². The maximum Gasteiger partial charge on any atom is 0.104 e. The fourth-order valence-electron chi connectivity index (χ4n) is 1.26. The van der Waals surface area contributed by atoms with Crippen LogP contribution in [0.5, 0.6) is 0 Å². The summed E-state index contributed by atoms with van der Waals surface area (Å²) < 4.78 is 5.59. The molecule has 0 aliphatic carbocycles. The van der Waals surface area contributed by atoms with Crippen molar-refractivity contribution in [2.45, 2.75) is 33.3 Å². The first-order chi connectivity index (χ1) is 6.06. The van der Waals surface area contributed by atoms with Crippen LogP contribution in [0.15, 0.2) is 18.3 Å². The highest BCUT2D eigenvalue weighted by Gasteiger charge is 2.21. The van der Waals surface area contributed by atoms with E-state index in [9.17, 15) is 0 Å². The van der Waals surface area contributed by atoms with E-state index in [4.69, 9.17) is 4.74 Å². The van der Waals surface area contributed by atoms with E-state index in [1.54, 1.807) is 0 Å². The van der Waals surface area contributed by atoms with Crippen molar-refractivity contribution in [2.75, 3.05) is 6.61 Å². The van der Waals surface area contributed by atoms with Crippen LogP contribution in [0.4, 0.5) is 0 Å². The van der Waals surface area contributed by atoms with Crippen molar-refractivity contribution in [1.29, 1.82) is 0 Å². The summed E-state index contributed by atoms with van der Waals surface area (Å²) in [5.41, 5.74) is 1.89. The third-order valence-electron chi connectivity index (χ3n) is 2.03. The highest BCUT2D eigenvalue weighted by Crippen LogP contribution is 2.22. The monoisotopic (exact) mass is 179 g/mol. The van der Waals surface area contributed by atoms with Gasteiger partial charge in [-0.3, -0.25) is 4.98 Å². The molecule has 1 heterocycles. The third kappa shape index (κ3) is 2.52. The van der Waals surface area contributed by atoms with Gasteiger partial charge in [-0.2, -0.15) is 0 Å². The first kappa shape index (κ1) is 10.2. The fourth-order valence-corrected chi connectivity index (χ4v) is 1.26. The van der Waals surface area contributed by atoms with Crippen LogP contribution in [-0.4, -0.2) is 11.6 Å². The average Bonchev–Trinajstić information content (AvgIpc) is 2.05. The van der Waals surface area contributed by atoms with Gasteiger partial charge in [0.05, 0.1) is 5.69 Å². The number of hydrogen-bond donors (Lipinski definition) is 0. The predicted molar refractivity (Wildman–Crippen MR) is 53.6 cm³/mol. The molecule has 0 bridgehead atoms. The van der Waals surface area contributed by atoms with E-state index < -0.39 is 0 Å². The Labute approximate surface area is 80.0 Å². The molecule has 0 aromatic carbocycles. The van der Waals surface area contributed by atoms with Crippen molar-refractivity contribution >= 4 is 0 Å². The minimum absolute atomic E-state index is 0.275. The fraction of sp³-hybridized carbons (Fsp3) is 0.545. The summed E-state index contributed by atoms with van der Waals surface area (Å²) in [7, 11) is 0. The number of ether oxygens (including phenoxy) is 1. The van der Waals surface area contributed by atoms with E-state index in [2.05, 4.69) is 11.1 Å². The van der Waals surface area contributed by atoms with Crippen LogP contribution in [0.2, 0.25) is 0 Å². The molecule has 0 saturated heterocycles. The first-order valence-electron chi connectivity index (χ1n) is 4.63. The molecular weight excluding hydrogens is 162 g/mol. The Kier molecular flexibility index (Phi) is 3.04. The van der Waals surface area contributed by atoms with Crippen molar-refractivity contribution in [3.8, 4) is 0 Å². The quantitative estimate of drug-likeness (QED) is 0.711. The Bertz CT molecular complexity index is 264. The lowest BCUT2D eigenvalue weighted by molar-refractivity contribution is -0.0172. The van der Waals surface area contributed by atoms with Crippen LogP contribution in [0, 0.1) is 6.92 Å². The van der Waals surface area contributed by atoms with Gasteiger partial charge in [0.1, 0.15) is 5.60 Å². The summed E-state index contributed by atoms with van der Waals surface area (Å²) >= 11 is 0. The van der Waals surface area contributed by atoms with Crippen molar-refractivity contribution in [3.05, 3.63) is 29.6 Å². The Morgan fingerprint density at radius 3 is 2.54 bits per heavy atom. The Hall–Kier alpha value is -0.890. The lowest BCUT2D eigenvalue weighted by Gasteiger charge is -2.23. The second kappa shape index (κ2) is 3.88. The summed E-state index contributed by atoms with van der Waals surface area (Å²) in [6, 6.07) is 4.08. The molecule has 1 aromatic heterocycles. The molecule has 1 aromatic rings. The normalized spacial score (nSPS) is 11.7. The molecule has 0 aliphatic heterocycles. The number of aryl methyl sites for hydroxylation is 1. The molecule has 0 amide bonds. The Morgan fingerprint density at radius 2 is 2.08 bits per heavy atom. The number of pyridine rings is 1. The molecule has 0 spiro atoms. The van der Waals surface area contributed by atoms with Gasteiger partial charge < -0.3 is 4.74 Å². The van der Waals surface area contributed by atoms with E-state index in [1.165, 1.54) is 5.56 Å². The van der Waals surface area contributed by atoms with Gasteiger partial charge in [0.15, 0.2) is 0 Å². The molecule has 72 valence electrons. The van der Waals surface area contributed by atoms with E-state index in [0.717, 1.165) is 5.69 Å². The van der Waals surface area contributed by atoms with Gasteiger partial charge in [-0.1, -0.05) is 6.07 Å². The molecule has 0 atom stereocenters. The Balaban J connectivity index is 2.87. The van der Waals surface area contributed by atoms with Crippen LogP contribution in [0.3, 0.4) is 0 Å². The molecule has 0 N–H and O–H groups in total. The van der Waals surface area contributed by atoms with E-state index in [0.29, 0.717) is 6.61 Å². The summed E-state index contributed by atoms with van der Waals surface area (Å²) in [6.45, 7) is 8.81. The number of hydrogen-bond acceptors (Lipinski definition) is 2. The second-order valence-corrected chi connectivity index (χ2v) is 3.66. The summed E-state index contributed by atoms with van der Waals surface area (Å²) in [5, 5.41) is 0. The zero-order chi connectivity index (χ0) is 9.90. The summed E-state index contributed by atoms with van der Waals surface area (Å²) in [4.78, 5) is 4.34. The number of nitrogens with zero attached hydrogens (tertiary/aromatic N) is 1. The van der Waals surface area contributed by atoms with Crippen LogP contribution in [0.25, 0.3) is 0 Å². The number of rotatable bonds is 3. The molecular formula is C11H17NO. The van der Waals surface area contributed by atoms with Gasteiger partial charge in [-0.25, -0.2) is 0 Å².